The topological polar surface area (TPSA) is 128 Å². The average Bonchev–Trinajstić information content (AvgIpc) is 3.53. The van der Waals surface area contributed by atoms with Crippen molar-refractivity contribution < 1.29 is 37.9 Å². The number of Topliss-reactive ketones (excluding diaryl/α,β-unsaturated/α-hetero) is 3. The Morgan fingerprint density at radius 2 is 1.81 bits per heavy atom. The summed E-state index contributed by atoms with van der Waals surface area (Å²) in [4.78, 5) is 62.5. The largest absolute Gasteiger partial charge is 0.470 e. The Bertz CT molecular complexity index is 2210. The summed E-state index contributed by atoms with van der Waals surface area (Å²) in [7, 11) is 5.03. The Morgan fingerprint density at radius 3 is 2.46 bits per heavy atom. The fourth-order valence-corrected chi connectivity index (χ4v) is 9.25. The number of carbonyl (C=O) groups excluding carboxylic acids is 4. The lowest BCUT2D eigenvalue weighted by Crippen LogP contribution is -2.67. The van der Waals surface area contributed by atoms with E-state index < -0.39 is 58.4 Å². The first-order valence-electron chi connectivity index (χ1n) is 18.0. The lowest BCUT2D eigenvalue weighted by Gasteiger charge is -2.52. The fourth-order valence-electron chi connectivity index (χ4n) is 8.89. The third-order valence-corrected chi connectivity index (χ3v) is 11.5. The monoisotopic (exact) mass is 797 g/mol. The molecule has 12 heteroatoms. The van der Waals surface area contributed by atoms with Crippen LogP contribution in [0.1, 0.15) is 76.4 Å². The van der Waals surface area contributed by atoms with E-state index in [-0.39, 0.29) is 43.2 Å². The minimum absolute atomic E-state index is 0.0298. The van der Waals surface area contributed by atoms with Gasteiger partial charge in [-0.25, -0.2) is 4.79 Å². The average molecular weight is 799 g/mol. The third-order valence-electron chi connectivity index (χ3n) is 11.0. The molecule has 282 valence electrons. The summed E-state index contributed by atoms with van der Waals surface area (Å²) in [5.74, 6) is -3.80. The van der Waals surface area contributed by atoms with Gasteiger partial charge in [0.15, 0.2) is 22.9 Å². The van der Waals surface area contributed by atoms with Crippen LogP contribution in [0.2, 0.25) is 0 Å². The highest BCUT2D eigenvalue weighted by molar-refractivity contribution is 9.10. The molecule has 5 atom stereocenters. The molecule has 1 heterocycles. The number of methoxy groups -OCH3 is 1. The Hall–Kier alpha value is -4.65. The molecule has 7 rings (SSSR count). The number of amides is 1. The molecule has 3 aliphatic carbocycles. The van der Waals surface area contributed by atoms with Gasteiger partial charge < -0.3 is 18.7 Å². The predicted octanol–water partition coefficient (Wildman–Crippen LogP) is 7.85. The number of rotatable bonds is 8. The molecule has 5 unspecified atom stereocenters. The first kappa shape index (κ1) is 37.7. The van der Waals surface area contributed by atoms with E-state index in [1.165, 1.54) is 12.0 Å². The van der Waals surface area contributed by atoms with E-state index in [0.29, 0.717) is 22.4 Å². The minimum Gasteiger partial charge on any atom is -0.470 e. The van der Waals surface area contributed by atoms with E-state index in [4.69, 9.17) is 18.7 Å². The summed E-state index contributed by atoms with van der Waals surface area (Å²) in [6.45, 7) is 11.4. The van der Waals surface area contributed by atoms with Gasteiger partial charge in [-0.1, -0.05) is 58.4 Å². The van der Waals surface area contributed by atoms with Crippen molar-refractivity contribution in [2.24, 2.45) is 17.8 Å². The molecule has 1 amide bonds. The van der Waals surface area contributed by atoms with Gasteiger partial charge in [0.1, 0.15) is 17.8 Å². The number of hydrogen-bond acceptors (Lipinski definition) is 10. The van der Waals surface area contributed by atoms with E-state index in [1.54, 1.807) is 26.8 Å². The van der Waals surface area contributed by atoms with Gasteiger partial charge in [0.2, 0.25) is 5.78 Å². The number of hydrogen-bond donors (Lipinski definition) is 0. The lowest BCUT2D eigenvalue weighted by atomic mass is 9.53. The number of nitrogens with zero attached hydrogens (tertiary/aromatic N) is 3. The molecule has 0 saturated heterocycles. The second-order valence-corrected chi connectivity index (χ2v) is 16.5. The zero-order valence-corrected chi connectivity index (χ0v) is 33.1. The van der Waals surface area contributed by atoms with Crippen LogP contribution in [0.3, 0.4) is 0 Å². The molecule has 1 fully saturated rings. The van der Waals surface area contributed by atoms with Crippen molar-refractivity contribution in [3.05, 3.63) is 99.2 Å². The van der Waals surface area contributed by atoms with Crippen molar-refractivity contribution in [1.82, 2.24) is 10.1 Å². The van der Waals surface area contributed by atoms with Crippen molar-refractivity contribution in [2.75, 3.05) is 32.6 Å². The Labute approximate surface area is 322 Å². The van der Waals surface area contributed by atoms with E-state index in [2.05, 4.69) is 27.7 Å². The number of ketones is 3. The summed E-state index contributed by atoms with van der Waals surface area (Å²) in [6, 6.07) is 14.5. The molecule has 3 aliphatic rings. The van der Waals surface area contributed by atoms with Gasteiger partial charge in [0.05, 0.1) is 17.6 Å². The molecular formula is C42H44BrN3O8. The normalized spacial score (nSPS) is 23.4. The highest BCUT2D eigenvalue weighted by atomic mass is 79.9. The quantitative estimate of drug-likeness (QED) is 0.128. The summed E-state index contributed by atoms with van der Waals surface area (Å²) < 4.78 is 24.7. The van der Waals surface area contributed by atoms with Gasteiger partial charge in [-0.3, -0.25) is 24.2 Å². The highest BCUT2D eigenvalue weighted by Gasteiger charge is 2.68. The molecule has 0 spiro atoms. The van der Waals surface area contributed by atoms with Crippen molar-refractivity contribution in [2.45, 2.75) is 64.4 Å². The smallest absolute Gasteiger partial charge is 0.415 e. The van der Waals surface area contributed by atoms with Crippen LogP contribution in [0.5, 0.6) is 5.88 Å². The third kappa shape index (κ3) is 5.90. The molecule has 1 aromatic heterocycles. The van der Waals surface area contributed by atoms with Crippen LogP contribution in [-0.4, -0.2) is 72.5 Å². The second kappa shape index (κ2) is 13.9. The number of fused-ring (bicyclic) bond motifs is 5. The van der Waals surface area contributed by atoms with Gasteiger partial charge in [0, 0.05) is 35.0 Å². The SMILES string of the molecule is C=CCN(C(=O)OC(C)(C)C)c1c2c(c(C)c3cc(Br)ccc13)C(=O)C1C(=O)C3(OC)C(=O)c4c(OCc5ccccc5)noc4C(N(C)C)C3CC1C2. The fraction of sp³-hybridized carbons (Fsp3) is 0.405. The molecule has 11 nitrogen and oxygen atoms in total. The first-order valence-corrected chi connectivity index (χ1v) is 18.8. The molecule has 0 aliphatic heterocycles. The number of benzene rings is 3. The van der Waals surface area contributed by atoms with Gasteiger partial charge in [-0.05, 0) is 99.9 Å². The standard InChI is InChI=1S/C42H44BrN3O8/c1-9-17-46(40(50)53-41(3,4)5)33-26-16-15-25(43)20-27(26)22(2)30-28(33)18-24-19-29-34(45(6)7)36-32(38(49)42(29,51-8)37(48)31(24)35(30)47)39(44-54-36)52-21-23-13-11-10-12-14-23/h9-16,20,24,29,31,34H,1,17-19,21H2,2-8H3. The zero-order chi connectivity index (χ0) is 38.9. The molecule has 54 heavy (non-hydrogen) atoms. The Kier molecular flexibility index (Phi) is 9.68. The van der Waals surface area contributed by atoms with Gasteiger partial charge in [0.25, 0.3) is 5.88 Å². The van der Waals surface area contributed by atoms with Crippen molar-refractivity contribution in [3.8, 4) is 5.88 Å². The number of aryl methyl sites for hydroxylation is 1. The molecule has 0 bridgehead atoms. The maximum Gasteiger partial charge on any atom is 0.415 e. The van der Waals surface area contributed by atoms with E-state index in [1.807, 2.05) is 74.4 Å². The molecular weight excluding hydrogens is 754 g/mol. The van der Waals surface area contributed by atoms with Crippen LogP contribution in [0.15, 0.2) is 70.2 Å². The Morgan fingerprint density at radius 1 is 1.09 bits per heavy atom. The van der Waals surface area contributed by atoms with E-state index in [0.717, 1.165) is 20.8 Å². The maximum atomic E-state index is 15.2. The predicted molar refractivity (Wildman–Crippen MR) is 206 cm³/mol. The van der Waals surface area contributed by atoms with Gasteiger partial charge >= 0.3 is 6.09 Å². The van der Waals surface area contributed by atoms with Crippen LogP contribution in [0.25, 0.3) is 10.8 Å². The maximum absolute atomic E-state index is 15.2. The minimum atomic E-state index is -2.01. The van der Waals surface area contributed by atoms with Crippen molar-refractivity contribution in [1.29, 1.82) is 0 Å². The van der Waals surface area contributed by atoms with Crippen LogP contribution < -0.4 is 9.64 Å². The van der Waals surface area contributed by atoms with Crippen molar-refractivity contribution >= 4 is 55.8 Å². The van der Waals surface area contributed by atoms with Crippen LogP contribution in [0, 0.1) is 24.7 Å². The van der Waals surface area contributed by atoms with Crippen LogP contribution >= 0.6 is 15.9 Å². The molecule has 1 saturated carbocycles. The molecule has 4 aromatic rings. The van der Waals surface area contributed by atoms with Gasteiger partial charge in [-0.15, -0.1) is 6.58 Å². The summed E-state index contributed by atoms with van der Waals surface area (Å²) >= 11 is 3.58. The number of aromatic nitrogens is 1. The number of halogens is 1. The summed E-state index contributed by atoms with van der Waals surface area (Å²) in [5, 5.41) is 5.68. The zero-order valence-electron chi connectivity index (χ0n) is 31.5. The number of anilines is 1. The lowest BCUT2D eigenvalue weighted by molar-refractivity contribution is -0.159. The first-order chi connectivity index (χ1) is 25.6. The van der Waals surface area contributed by atoms with Crippen molar-refractivity contribution in [3.63, 3.8) is 0 Å². The van der Waals surface area contributed by atoms with E-state index in [9.17, 15) is 9.59 Å². The van der Waals surface area contributed by atoms with E-state index >= 15 is 9.59 Å². The molecule has 0 N–H and O–H groups in total. The van der Waals surface area contributed by atoms with Crippen LogP contribution in [0.4, 0.5) is 10.5 Å². The number of ether oxygens (including phenoxy) is 3. The highest BCUT2D eigenvalue weighted by Crippen LogP contribution is 2.57. The second-order valence-electron chi connectivity index (χ2n) is 15.6. The summed E-state index contributed by atoms with van der Waals surface area (Å²) in [6.07, 6.45) is 1.59. The molecule has 0 radical (unpaired) electrons. The summed E-state index contributed by atoms with van der Waals surface area (Å²) in [5.41, 5.74) is 0.335. The number of carbonyl (C=O) groups is 4. The van der Waals surface area contributed by atoms with Crippen LogP contribution in [-0.2, 0) is 27.3 Å². The van der Waals surface area contributed by atoms with Gasteiger partial charge in [-0.2, -0.15) is 0 Å². The Balaban J connectivity index is 1.38. The molecule has 3 aromatic carbocycles.